The molecule has 2 aromatic carbocycles. The van der Waals surface area contributed by atoms with E-state index < -0.39 is 0 Å². The van der Waals surface area contributed by atoms with E-state index in [-0.39, 0.29) is 0 Å². The molecule has 0 saturated carbocycles. The number of rotatable bonds is 14. The van der Waals surface area contributed by atoms with E-state index in [9.17, 15) is 0 Å². The number of hydrogen-bond acceptors (Lipinski definition) is 0. The normalized spacial score (nSPS) is 11.2. The van der Waals surface area contributed by atoms with Crippen LogP contribution in [-0.2, 0) is 12.8 Å². The van der Waals surface area contributed by atoms with E-state index in [2.05, 4.69) is 67.6 Å². The predicted octanol–water partition coefficient (Wildman–Crippen LogP) is 8.01. The molecule has 2 aromatic rings. The van der Waals surface area contributed by atoms with Crippen LogP contribution in [0.25, 0.3) is 0 Å². The molecule has 0 fully saturated rings. The maximum absolute atomic E-state index is 2.29. The Kier molecular flexibility index (Phi) is 10.9. The first kappa shape index (κ1) is 20.7. The van der Waals surface area contributed by atoms with Crippen molar-refractivity contribution in [2.45, 2.75) is 84.0 Å². The Balaban J connectivity index is 1.70. The van der Waals surface area contributed by atoms with Gasteiger partial charge in [0.05, 0.1) is 0 Å². The highest BCUT2D eigenvalue weighted by molar-refractivity contribution is 5.18. The van der Waals surface area contributed by atoms with Gasteiger partial charge in [0.1, 0.15) is 0 Å². The lowest BCUT2D eigenvalue weighted by Crippen LogP contribution is -2.08. The molecular weight excluding hydrogens is 312 g/mol. The van der Waals surface area contributed by atoms with E-state index in [1.54, 1.807) is 0 Å². The zero-order chi connectivity index (χ0) is 18.3. The molecule has 0 nitrogen and oxygen atoms in total. The van der Waals surface area contributed by atoms with Crippen molar-refractivity contribution in [3.05, 3.63) is 71.8 Å². The fourth-order valence-corrected chi connectivity index (χ4v) is 3.91. The van der Waals surface area contributed by atoms with Gasteiger partial charge in [-0.3, -0.25) is 0 Å². The molecule has 0 aliphatic carbocycles. The van der Waals surface area contributed by atoms with Gasteiger partial charge in [0.15, 0.2) is 0 Å². The lowest BCUT2D eigenvalue weighted by Gasteiger charge is -2.17. The molecule has 0 amide bonds. The fourth-order valence-electron chi connectivity index (χ4n) is 3.91. The molecule has 0 aliphatic rings. The molecule has 0 atom stereocenters. The Bertz CT molecular complexity index is 501. The van der Waals surface area contributed by atoms with Crippen molar-refractivity contribution in [1.82, 2.24) is 0 Å². The Labute approximate surface area is 162 Å². The topological polar surface area (TPSA) is 0 Å². The Hall–Kier alpha value is -1.56. The van der Waals surface area contributed by atoms with E-state index in [1.807, 2.05) is 0 Å². The maximum atomic E-state index is 2.29. The summed E-state index contributed by atoms with van der Waals surface area (Å²) in [7, 11) is 0. The molecule has 0 saturated heterocycles. The summed E-state index contributed by atoms with van der Waals surface area (Å²) in [5.74, 6) is 0.768. The van der Waals surface area contributed by atoms with Crippen molar-refractivity contribution in [1.29, 1.82) is 0 Å². The first-order valence-corrected chi connectivity index (χ1v) is 11.0. The Morgan fingerprint density at radius 2 is 0.962 bits per heavy atom. The molecule has 0 N–H and O–H groups in total. The van der Waals surface area contributed by atoms with Gasteiger partial charge in [0.2, 0.25) is 0 Å². The average molecular weight is 351 g/mol. The highest BCUT2D eigenvalue weighted by Gasteiger charge is 2.11. The van der Waals surface area contributed by atoms with Crippen LogP contribution in [0.1, 0.15) is 82.3 Å². The maximum Gasteiger partial charge on any atom is -0.0247 e. The van der Waals surface area contributed by atoms with Crippen LogP contribution in [-0.4, -0.2) is 0 Å². The summed E-state index contributed by atoms with van der Waals surface area (Å²) < 4.78 is 0. The van der Waals surface area contributed by atoms with Gasteiger partial charge in [-0.1, -0.05) is 125 Å². The summed E-state index contributed by atoms with van der Waals surface area (Å²) in [6.07, 6.45) is 16.5. The molecule has 0 bridgehead atoms. The van der Waals surface area contributed by atoms with Crippen LogP contribution in [0, 0.1) is 5.92 Å². The number of hydrogen-bond donors (Lipinski definition) is 0. The van der Waals surface area contributed by atoms with Crippen LogP contribution < -0.4 is 0 Å². The van der Waals surface area contributed by atoms with Crippen molar-refractivity contribution in [2.24, 2.45) is 5.92 Å². The second kappa shape index (κ2) is 13.6. The van der Waals surface area contributed by atoms with Crippen molar-refractivity contribution < 1.29 is 0 Å². The zero-order valence-corrected chi connectivity index (χ0v) is 16.8. The average Bonchev–Trinajstić information content (AvgIpc) is 2.68. The van der Waals surface area contributed by atoms with Crippen LogP contribution in [0.5, 0.6) is 0 Å². The first-order chi connectivity index (χ1) is 12.9. The summed E-state index contributed by atoms with van der Waals surface area (Å²) in [5.41, 5.74) is 2.98. The van der Waals surface area contributed by atoms with Gasteiger partial charge in [0.25, 0.3) is 0 Å². The van der Waals surface area contributed by atoms with Crippen LogP contribution in [0.3, 0.4) is 0 Å². The third kappa shape index (κ3) is 9.22. The molecule has 0 heterocycles. The summed E-state index contributed by atoms with van der Waals surface area (Å²) >= 11 is 0. The SMILES string of the molecule is CCCCCCCCCCCC(Cc1ccccc1)Cc1ccccc1. The van der Waals surface area contributed by atoms with Crippen LogP contribution >= 0.6 is 0 Å². The number of unbranched alkanes of at least 4 members (excludes halogenated alkanes) is 8. The quantitative estimate of drug-likeness (QED) is 0.303. The van der Waals surface area contributed by atoms with Crippen molar-refractivity contribution in [3.8, 4) is 0 Å². The van der Waals surface area contributed by atoms with Gasteiger partial charge in [-0.2, -0.15) is 0 Å². The minimum absolute atomic E-state index is 0.768. The lowest BCUT2D eigenvalue weighted by molar-refractivity contribution is 0.444. The molecule has 0 aliphatic heterocycles. The van der Waals surface area contributed by atoms with Crippen molar-refractivity contribution >= 4 is 0 Å². The second-order valence-corrected chi connectivity index (χ2v) is 7.86. The minimum atomic E-state index is 0.768. The monoisotopic (exact) mass is 350 g/mol. The van der Waals surface area contributed by atoms with Crippen LogP contribution in [0.15, 0.2) is 60.7 Å². The van der Waals surface area contributed by atoms with Crippen LogP contribution in [0.2, 0.25) is 0 Å². The van der Waals surface area contributed by atoms with Crippen LogP contribution in [0.4, 0.5) is 0 Å². The van der Waals surface area contributed by atoms with Gasteiger partial charge in [-0.25, -0.2) is 0 Å². The van der Waals surface area contributed by atoms with E-state index >= 15 is 0 Å². The molecule has 142 valence electrons. The lowest BCUT2D eigenvalue weighted by atomic mass is 9.88. The van der Waals surface area contributed by atoms with Gasteiger partial charge in [0, 0.05) is 0 Å². The third-order valence-electron chi connectivity index (χ3n) is 5.45. The molecule has 26 heavy (non-hydrogen) atoms. The standard InChI is InChI=1S/C26H38/c1-2-3-4-5-6-7-8-9-12-21-26(22-24-17-13-10-14-18-24)23-25-19-15-11-16-20-25/h10-11,13-20,26H,2-9,12,21-23H2,1H3. The molecule has 0 spiro atoms. The van der Waals surface area contributed by atoms with Gasteiger partial charge in [-0.05, 0) is 36.3 Å². The van der Waals surface area contributed by atoms with Gasteiger partial charge < -0.3 is 0 Å². The van der Waals surface area contributed by atoms with E-state index in [1.165, 1.54) is 88.2 Å². The molecule has 0 aromatic heterocycles. The summed E-state index contributed by atoms with van der Waals surface area (Å²) in [6, 6.07) is 22.1. The summed E-state index contributed by atoms with van der Waals surface area (Å²) in [4.78, 5) is 0. The highest BCUT2D eigenvalue weighted by atomic mass is 14.2. The second-order valence-electron chi connectivity index (χ2n) is 7.86. The van der Waals surface area contributed by atoms with E-state index in [0.717, 1.165) is 5.92 Å². The predicted molar refractivity (Wildman–Crippen MR) is 116 cm³/mol. The van der Waals surface area contributed by atoms with Gasteiger partial charge >= 0.3 is 0 Å². The smallest absolute Gasteiger partial charge is 0.0247 e. The van der Waals surface area contributed by atoms with Gasteiger partial charge in [-0.15, -0.1) is 0 Å². The Morgan fingerprint density at radius 1 is 0.538 bits per heavy atom. The number of benzene rings is 2. The fraction of sp³-hybridized carbons (Fsp3) is 0.538. The van der Waals surface area contributed by atoms with Crippen molar-refractivity contribution in [3.63, 3.8) is 0 Å². The van der Waals surface area contributed by atoms with E-state index in [0.29, 0.717) is 0 Å². The molecular formula is C26H38. The largest absolute Gasteiger partial charge is 0.0654 e. The zero-order valence-electron chi connectivity index (χ0n) is 16.8. The third-order valence-corrected chi connectivity index (χ3v) is 5.45. The molecule has 2 rings (SSSR count). The summed E-state index contributed by atoms with van der Waals surface area (Å²) in [5, 5.41) is 0. The first-order valence-electron chi connectivity index (χ1n) is 11.0. The molecule has 0 radical (unpaired) electrons. The summed E-state index contributed by atoms with van der Waals surface area (Å²) in [6.45, 7) is 2.29. The molecule has 0 heteroatoms. The Morgan fingerprint density at radius 3 is 1.42 bits per heavy atom. The molecule has 0 unspecified atom stereocenters. The van der Waals surface area contributed by atoms with E-state index in [4.69, 9.17) is 0 Å². The van der Waals surface area contributed by atoms with Crippen molar-refractivity contribution in [2.75, 3.05) is 0 Å². The minimum Gasteiger partial charge on any atom is -0.0654 e. The highest BCUT2D eigenvalue weighted by Crippen LogP contribution is 2.21.